The highest BCUT2D eigenvalue weighted by Gasteiger charge is 2.44. The molecule has 14 aromatic carbocycles. The van der Waals surface area contributed by atoms with Crippen LogP contribution in [0, 0.1) is 0 Å². The second kappa shape index (κ2) is 21.9. The van der Waals surface area contributed by atoms with Gasteiger partial charge in [0.15, 0.2) is 0 Å². The van der Waals surface area contributed by atoms with E-state index in [1.807, 2.05) is 18.2 Å². The molecule has 0 bridgehead atoms. The number of para-hydroxylation sites is 5. The van der Waals surface area contributed by atoms with Crippen molar-refractivity contribution in [3.05, 3.63) is 332 Å². The average molecular weight is 1240 g/mol. The summed E-state index contributed by atoms with van der Waals surface area (Å²) in [6.07, 6.45) is 0.599. The maximum absolute atomic E-state index is 9.65. The first-order valence-corrected chi connectivity index (χ1v) is 33.1. The molecular weight excluding hydrogens is 1160 g/mol. The molecule has 17 aromatic rings. The number of nitrogens with zero attached hydrogens (tertiary/aromatic N) is 5. The first-order valence-electron chi connectivity index (χ1n) is 37.1. The normalized spacial score (nSPS) is 13.9. The van der Waals surface area contributed by atoms with Crippen LogP contribution in [0.2, 0.25) is 0 Å². The van der Waals surface area contributed by atoms with Gasteiger partial charge in [0, 0.05) is 84.4 Å². The quantitative estimate of drug-likeness (QED) is 0.127. The van der Waals surface area contributed by atoms with Crippen molar-refractivity contribution >= 4 is 117 Å². The number of rotatable bonds is 10. The Morgan fingerprint density at radius 2 is 0.781 bits per heavy atom. The molecule has 19 rings (SSSR count). The van der Waals surface area contributed by atoms with E-state index in [1.165, 1.54) is 10.8 Å². The minimum absolute atomic E-state index is 0.0326. The molecule has 3 aromatic heterocycles. The van der Waals surface area contributed by atoms with Gasteiger partial charge >= 0.3 is 0 Å². The molecule has 96 heavy (non-hydrogen) atoms. The van der Waals surface area contributed by atoms with Crippen molar-refractivity contribution in [1.82, 2.24) is 13.7 Å². The minimum atomic E-state index is -0.484. The van der Waals surface area contributed by atoms with Gasteiger partial charge in [0.1, 0.15) is 0 Å². The van der Waals surface area contributed by atoms with Crippen LogP contribution in [-0.4, -0.2) is 27.0 Å². The van der Waals surface area contributed by atoms with Crippen LogP contribution in [0.15, 0.2) is 321 Å². The van der Waals surface area contributed by atoms with Crippen molar-refractivity contribution in [1.29, 1.82) is 0 Å². The first-order chi connectivity index (χ1) is 50.6. The second-order valence-corrected chi connectivity index (χ2v) is 26.6. The molecule has 0 saturated heterocycles. The van der Waals surface area contributed by atoms with Gasteiger partial charge < -0.3 is 23.5 Å². The molecule has 454 valence electrons. The zero-order valence-electron chi connectivity index (χ0n) is 61.2. The molecule has 0 unspecified atom stereocenters. The van der Waals surface area contributed by atoms with Crippen LogP contribution < -0.4 is 26.2 Å². The second-order valence-electron chi connectivity index (χ2n) is 26.6. The Kier molecular flexibility index (Phi) is 10.9. The number of anilines is 5. The van der Waals surface area contributed by atoms with Gasteiger partial charge in [0.2, 0.25) is 0 Å². The summed E-state index contributed by atoms with van der Waals surface area (Å²) in [6, 6.07) is 95.0. The van der Waals surface area contributed by atoms with Gasteiger partial charge in [0.05, 0.1) is 44.1 Å². The summed E-state index contributed by atoms with van der Waals surface area (Å²) in [5.74, 6) is 0. The SMILES string of the molecule is [2H]c1c([2H])c([2H])c2c(c1[2H])c1c([2H])c([2H])c([2H])c([2H])c1n2-c1ccc2c(c1)N(CCc1cc(-c3ccccc3)cc(-c3ccccc3)c1)c1cc(C(C)(C)C)cc3c1B2c1ccc(-n2c4ccccc4c4cc(-n5c6ccccc6c6ccccc65)ccc42)cc1N3c1cccc(-c2ccccc2)c1. The Bertz CT molecular complexity index is 6290. The summed E-state index contributed by atoms with van der Waals surface area (Å²) in [5, 5.41) is 4.74. The van der Waals surface area contributed by atoms with E-state index in [-0.39, 0.29) is 58.1 Å². The van der Waals surface area contributed by atoms with Crippen molar-refractivity contribution < 1.29 is 11.0 Å². The Labute approximate surface area is 570 Å². The van der Waals surface area contributed by atoms with E-state index in [9.17, 15) is 5.48 Å². The molecule has 0 spiro atoms. The molecular formula is C90H66BN5. The largest absolute Gasteiger partial charge is 0.342 e. The number of hydrogen-bond acceptors (Lipinski definition) is 2. The van der Waals surface area contributed by atoms with Gasteiger partial charge in [-0.1, -0.05) is 239 Å². The molecule has 0 N–H and O–H groups in total. The standard InChI is InChI=1S/C90H66BN5/c1-90(2,3)66-54-87-89-88(55-66)96(67-31-23-30-63(53-67)60-24-7-4-8-25-60)86-58-70(95-83-41-22-17-36-75(83)76-56-68(44-47-84(76)95)93-79-37-18-13-32-71(79)72-33-14-19-38-80(72)93)43-46-78(86)91(89)77-45-42-69(94-81-39-20-15-34-73(81)74-35-16-21-40-82(74)94)57-85(77)92(87)49-48-59-50-64(61-26-9-5-10-27-61)52-65(51-59)62-28-11-6-12-29-62/h4-47,50-58H,48-49H2,1-3H3/i15D,16D,20D,21D,34D,35D,39D,40D. The van der Waals surface area contributed by atoms with E-state index < -0.39 is 24.2 Å². The van der Waals surface area contributed by atoms with Gasteiger partial charge in [-0.25, -0.2) is 0 Å². The highest BCUT2D eigenvalue weighted by molar-refractivity contribution is 7.00. The third-order valence-electron chi connectivity index (χ3n) is 20.1. The predicted molar refractivity (Wildman–Crippen MR) is 407 cm³/mol. The summed E-state index contributed by atoms with van der Waals surface area (Å²) >= 11 is 0. The highest BCUT2D eigenvalue weighted by Crippen LogP contribution is 2.47. The molecule has 5 nitrogen and oxygen atoms in total. The smallest absolute Gasteiger partial charge is 0.252 e. The molecule has 0 atom stereocenters. The van der Waals surface area contributed by atoms with Crippen LogP contribution in [0.3, 0.4) is 0 Å². The van der Waals surface area contributed by atoms with Crippen molar-refractivity contribution in [2.24, 2.45) is 0 Å². The zero-order valence-corrected chi connectivity index (χ0v) is 53.2. The van der Waals surface area contributed by atoms with Crippen LogP contribution in [0.4, 0.5) is 28.4 Å². The van der Waals surface area contributed by atoms with E-state index in [0.29, 0.717) is 18.7 Å². The lowest BCUT2D eigenvalue weighted by Gasteiger charge is -2.45. The van der Waals surface area contributed by atoms with E-state index in [0.717, 1.165) is 134 Å². The lowest BCUT2D eigenvalue weighted by Crippen LogP contribution is -2.62. The number of hydrogen-bond donors (Lipinski definition) is 0. The molecule has 5 heterocycles. The zero-order chi connectivity index (χ0) is 70.7. The Hall–Kier alpha value is -11.9. The third kappa shape index (κ3) is 8.86. The van der Waals surface area contributed by atoms with Gasteiger partial charge in [-0.3, -0.25) is 0 Å². The topological polar surface area (TPSA) is 21.3 Å². The number of fused-ring (bicyclic) bond motifs is 13. The monoisotopic (exact) mass is 1240 g/mol. The summed E-state index contributed by atoms with van der Waals surface area (Å²) in [5.41, 5.74) is 23.7. The van der Waals surface area contributed by atoms with Crippen molar-refractivity contribution in [3.8, 4) is 50.4 Å². The molecule has 0 fully saturated rings. The lowest BCUT2D eigenvalue weighted by atomic mass is 9.33. The van der Waals surface area contributed by atoms with Crippen LogP contribution in [0.1, 0.15) is 42.9 Å². The predicted octanol–water partition coefficient (Wildman–Crippen LogP) is 21.3. The molecule has 2 aliphatic heterocycles. The molecule has 2 aliphatic rings. The Balaban J connectivity index is 0.877. The molecule has 0 saturated carbocycles. The molecule has 0 aliphatic carbocycles. The van der Waals surface area contributed by atoms with Gasteiger partial charge in [-0.2, -0.15) is 0 Å². The van der Waals surface area contributed by atoms with Crippen LogP contribution in [0.25, 0.3) is 116 Å². The fourth-order valence-corrected chi connectivity index (χ4v) is 15.7. The molecule has 6 heteroatoms. The summed E-state index contributed by atoms with van der Waals surface area (Å²) in [7, 11) is 0. The third-order valence-corrected chi connectivity index (χ3v) is 20.1. The van der Waals surface area contributed by atoms with E-state index in [1.54, 1.807) is 4.57 Å². The fraction of sp³-hybridized carbons (Fsp3) is 0.0667. The van der Waals surface area contributed by atoms with Crippen LogP contribution in [-0.2, 0) is 11.8 Å². The maximum Gasteiger partial charge on any atom is 0.252 e. The van der Waals surface area contributed by atoms with Crippen molar-refractivity contribution in [2.45, 2.75) is 32.6 Å². The minimum Gasteiger partial charge on any atom is -0.342 e. The fourth-order valence-electron chi connectivity index (χ4n) is 15.7. The lowest BCUT2D eigenvalue weighted by molar-refractivity contribution is 0.590. The average Bonchev–Trinajstić information content (AvgIpc) is 0.911. The Morgan fingerprint density at radius 3 is 1.36 bits per heavy atom. The van der Waals surface area contributed by atoms with E-state index in [2.05, 4.69) is 294 Å². The maximum atomic E-state index is 9.65. The summed E-state index contributed by atoms with van der Waals surface area (Å²) < 4.78 is 80.7. The van der Waals surface area contributed by atoms with E-state index >= 15 is 0 Å². The number of benzene rings is 14. The highest BCUT2D eigenvalue weighted by atomic mass is 15.2. The molecule has 0 amide bonds. The van der Waals surface area contributed by atoms with E-state index in [4.69, 9.17) is 5.48 Å². The summed E-state index contributed by atoms with van der Waals surface area (Å²) in [4.78, 5) is 4.94. The Morgan fingerprint density at radius 1 is 0.323 bits per heavy atom. The van der Waals surface area contributed by atoms with Crippen LogP contribution in [0.5, 0.6) is 0 Å². The van der Waals surface area contributed by atoms with Gasteiger partial charge in [-0.15, -0.1) is 0 Å². The molecule has 0 radical (unpaired) electrons. The van der Waals surface area contributed by atoms with Gasteiger partial charge in [-0.05, 0) is 176 Å². The van der Waals surface area contributed by atoms with Gasteiger partial charge in [0.25, 0.3) is 6.71 Å². The summed E-state index contributed by atoms with van der Waals surface area (Å²) in [6.45, 7) is 6.93. The van der Waals surface area contributed by atoms with Crippen molar-refractivity contribution in [2.75, 3.05) is 16.3 Å². The van der Waals surface area contributed by atoms with Crippen LogP contribution >= 0.6 is 0 Å². The number of aromatic nitrogens is 3. The first kappa shape index (κ1) is 47.9. The van der Waals surface area contributed by atoms with Crippen molar-refractivity contribution in [3.63, 3.8) is 0 Å².